The highest BCUT2D eigenvalue weighted by molar-refractivity contribution is 6.20. The number of nitrogens with zero attached hydrogens (tertiary/aromatic N) is 2. The number of hydrogen-bond acceptors (Lipinski definition) is 4. The summed E-state index contributed by atoms with van der Waals surface area (Å²) in [7, 11) is 0. The van der Waals surface area contributed by atoms with E-state index in [1.165, 1.54) is 10.8 Å². The van der Waals surface area contributed by atoms with Crippen LogP contribution in [0.2, 0.25) is 0 Å². The van der Waals surface area contributed by atoms with E-state index in [0.29, 0.717) is 0 Å². The van der Waals surface area contributed by atoms with Crippen LogP contribution in [0.25, 0.3) is 0 Å². The number of hydrogen-bond donors (Lipinski definition) is 2. The molecule has 52 valence electrons. The Labute approximate surface area is 62.9 Å². The molecule has 0 spiro atoms. The average molecular weight is 157 g/mol. The zero-order chi connectivity index (χ0) is 6.97. The molecule has 0 atom stereocenters. The molecule has 0 radical (unpaired) electrons. The van der Waals surface area contributed by atoms with Crippen molar-refractivity contribution in [1.29, 1.82) is 0 Å². The molecule has 0 aromatic rings. The minimum absolute atomic E-state index is 0.886. The van der Waals surface area contributed by atoms with Gasteiger partial charge in [0.25, 0.3) is 0 Å². The van der Waals surface area contributed by atoms with Crippen molar-refractivity contribution >= 4 is 18.1 Å². The molecule has 0 unspecified atom stereocenters. The van der Waals surface area contributed by atoms with E-state index in [0.717, 1.165) is 11.4 Å². The molecule has 0 aromatic heterocycles. The Morgan fingerprint density at radius 1 is 1.60 bits per heavy atom. The standard InChI is InChI=1S/C5H5ClN4/c6-10-3-7-1-4-5(10)2-8-9-4/h1-3,8-9H. The second kappa shape index (κ2) is 1.91. The smallest absolute Gasteiger partial charge is 0.111 e. The lowest BCUT2D eigenvalue weighted by Gasteiger charge is -2.13. The molecule has 10 heavy (non-hydrogen) atoms. The summed E-state index contributed by atoms with van der Waals surface area (Å²) in [6, 6.07) is 0. The van der Waals surface area contributed by atoms with Crippen molar-refractivity contribution in [1.82, 2.24) is 15.3 Å². The summed E-state index contributed by atoms with van der Waals surface area (Å²) in [5.74, 6) is 0. The molecule has 0 aliphatic carbocycles. The Hall–Kier alpha value is -1.16. The van der Waals surface area contributed by atoms with Crippen LogP contribution in [-0.4, -0.2) is 10.8 Å². The van der Waals surface area contributed by atoms with Gasteiger partial charge < -0.3 is 5.43 Å². The summed E-state index contributed by atoms with van der Waals surface area (Å²) in [5, 5.41) is 0. The predicted molar refractivity (Wildman–Crippen MR) is 38.6 cm³/mol. The first-order valence-electron chi connectivity index (χ1n) is 2.78. The van der Waals surface area contributed by atoms with Gasteiger partial charge in [-0.1, -0.05) is 0 Å². The van der Waals surface area contributed by atoms with Gasteiger partial charge in [0, 0.05) is 18.0 Å². The molecule has 0 aromatic carbocycles. The van der Waals surface area contributed by atoms with Gasteiger partial charge in [-0.2, -0.15) is 0 Å². The Morgan fingerprint density at radius 3 is 3.30 bits per heavy atom. The maximum atomic E-state index is 5.71. The molecule has 0 saturated heterocycles. The Morgan fingerprint density at radius 2 is 2.50 bits per heavy atom. The average Bonchev–Trinajstić information content (AvgIpc) is 2.36. The van der Waals surface area contributed by atoms with Crippen molar-refractivity contribution in [3.8, 4) is 0 Å². The first-order chi connectivity index (χ1) is 4.88. The minimum Gasteiger partial charge on any atom is -0.306 e. The van der Waals surface area contributed by atoms with Gasteiger partial charge in [-0.3, -0.25) is 5.43 Å². The lowest BCUT2D eigenvalue weighted by atomic mass is 10.3. The normalized spacial score (nSPS) is 20.7. The molecule has 0 bridgehead atoms. The minimum atomic E-state index is 0.886. The molecular weight excluding hydrogens is 152 g/mol. The summed E-state index contributed by atoms with van der Waals surface area (Å²) in [6.45, 7) is 0. The van der Waals surface area contributed by atoms with Crippen molar-refractivity contribution < 1.29 is 0 Å². The molecular formula is C5H5ClN4. The highest BCUT2D eigenvalue weighted by Gasteiger charge is 2.17. The SMILES string of the molecule is ClN1C=NC=C2NNC=C21. The number of fused-ring (bicyclic) bond motifs is 1. The van der Waals surface area contributed by atoms with Crippen LogP contribution in [0, 0.1) is 0 Å². The van der Waals surface area contributed by atoms with Crippen LogP contribution in [-0.2, 0) is 0 Å². The van der Waals surface area contributed by atoms with E-state index in [1.54, 1.807) is 12.4 Å². The van der Waals surface area contributed by atoms with E-state index in [1.807, 2.05) is 0 Å². The number of aliphatic imine (C=N–C) groups is 1. The van der Waals surface area contributed by atoms with E-state index in [9.17, 15) is 0 Å². The molecule has 2 aliphatic heterocycles. The summed E-state index contributed by atoms with van der Waals surface area (Å²) < 4.78 is 1.42. The molecule has 4 nitrogen and oxygen atoms in total. The van der Waals surface area contributed by atoms with Gasteiger partial charge in [-0.15, -0.1) is 0 Å². The maximum absolute atomic E-state index is 5.71. The molecule has 2 N–H and O–H groups in total. The lowest BCUT2D eigenvalue weighted by molar-refractivity contribution is 0.759. The van der Waals surface area contributed by atoms with Gasteiger partial charge in [0.15, 0.2) is 0 Å². The summed E-state index contributed by atoms with van der Waals surface area (Å²) >= 11 is 5.71. The third-order valence-corrected chi connectivity index (χ3v) is 1.56. The fourth-order valence-electron chi connectivity index (χ4n) is 0.828. The van der Waals surface area contributed by atoms with Crippen molar-refractivity contribution in [2.45, 2.75) is 0 Å². The van der Waals surface area contributed by atoms with Gasteiger partial charge >= 0.3 is 0 Å². The molecule has 0 saturated carbocycles. The van der Waals surface area contributed by atoms with Gasteiger partial charge in [0.1, 0.15) is 12.0 Å². The van der Waals surface area contributed by atoms with Gasteiger partial charge in [0.2, 0.25) is 0 Å². The number of nitrogens with one attached hydrogen (secondary N) is 2. The van der Waals surface area contributed by atoms with Crippen LogP contribution in [0.4, 0.5) is 0 Å². The summed E-state index contributed by atoms with van der Waals surface area (Å²) in [4.78, 5) is 3.86. The van der Waals surface area contributed by atoms with Crippen molar-refractivity contribution in [3.63, 3.8) is 0 Å². The van der Waals surface area contributed by atoms with Crippen LogP contribution in [0.15, 0.2) is 28.8 Å². The third kappa shape index (κ3) is 0.657. The van der Waals surface area contributed by atoms with Gasteiger partial charge in [0.05, 0.1) is 11.9 Å². The molecule has 2 aliphatic rings. The largest absolute Gasteiger partial charge is 0.306 e. The second-order valence-electron chi connectivity index (χ2n) is 1.92. The number of halogens is 1. The molecule has 0 amide bonds. The molecule has 0 fully saturated rings. The summed E-state index contributed by atoms with van der Waals surface area (Å²) in [6.07, 6.45) is 5.00. The second-order valence-corrected chi connectivity index (χ2v) is 2.28. The highest BCUT2D eigenvalue weighted by atomic mass is 35.5. The number of hydrazine groups is 1. The van der Waals surface area contributed by atoms with Crippen LogP contribution in [0.3, 0.4) is 0 Å². The fourth-order valence-corrected chi connectivity index (χ4v) is 1.02. The van der Waals surface area contributed by atoms with Crippen LogP contribution in [0.5, 0.6) is 0 Å². The quantitative estimate of drug-likeness (QED) is 0.495. The van der Waals surface area contributed by atoms with E-state index in [2.05, 4.69) is 15.8 Å². The van der Waals surface area contributed by atoms with Crippen molar-refractivity contribution in [2.75, 3.05) is 0 Å². The first-order valence-corrected chi connectivity index (χ1v) is 3.12. The molecule has 5 heteroatoms. The Balaban J connectivity index is 2.39. The molecule has 2 heterocycles. The maximum Gasteiger partial charge on any atom is 0.111 e. The van der Waals surface area contributed by atoms with E-state index in [4.69, 9.17) is 11.8 Å². The lowest BCUT2D eigenvalue weighted by Crippen LogP contribution is -2.21. The van der Waals surface area contributed by atoms with Crippen molar-refractivity contribution in [2.24, 2.45) is 4.99 Å². The Bertz CT molecular complexity index is 242. The van der Waals surface area contributed by atoms with E-state index >= 15 is 0 Å². The van der Waals surface area contributed by atoms with Crippen LogP contribution in [0.1, 0.15) is 0 Å². The highest BCUT2D eigenvalue weighted by Crippen LogP contribution is 2.18. The van der Waals surface area contributed by atoms with Crippen molar-refractivity contribution in [3.05, 3.63) is 23.8 Å². The van der Waals surface area contributed by atoms with Crippen LogP contribution < -0.4 is 10.9 Å². The Kier molecular flexibility index (Phi) is 1.07. The van der Waals surface area contributed by atoms with Crippen LogP contribution >= 0.6 is 11.8 Å². The van der Waals surface area contributed by atoms with E-state index in [-0.39, 0.29) is 0 Å². The third-order valence-electron chi connectivity index (χ3n) is 1.29. The topological polar surface area (TPSA) is 39.7 Å². The zero-order valence-electron chi connectivity index (χ0n) is 5.00. The fraction of sp³-hybridized carbons (Fsp3) is 0. The van der Waals surface area contributed by atoms with E-state index < -0.39 is 0 Å². The molecule has 2 rings (SSSR count). The van der Waals surface area contributed by atoms with Gasteiger partial charge in [-0.25, -0.2) is 9.41 Å². The monoisotopic (exact) mass is 156 g/mol. The number of rotatable bonds is 0. The predicted octanol–water partition coefficient (Wildman–Crippen LogP) is 0.275. The van der Waals surface area contributed by atoms with Gasteiger partial charge in [-0.05, 0) is 0 Å². The first kappa shape index (κ1) is 5.61. The summed E-state index contributed by atoms with van der Waals surface area (Å²) in [5.41, 5.74) is 7.45. The zero-order valence-corrected chi connectivity index (χ0v) is 5.76.